The second-order valence-electron chi connectivity index (χ2n) is 12.1. The molecule has 0 fully saturated rings. The maximum absolute atomic E-state index is 13.2. The molecule has 5 rings (SSSR count). The number of H-pyrrole nitrogens is 1. The molecule has 1 atom stereocenters. The Kier molecular flexibility index (Phi) is 9.82. The first-order chi connectivity index (χ1) is 22.9. The van der Waals surface area contributed by atoms with Crippen molar-refractivity contribution in [2.75, 3.05) is 11.5 Å². The number of anilines is 2. The number of tetrazole rings is 1. The number of ketones is 1. The van der Waals surface area contributed by atoms with Gasteiger partial charge in [0, 0.05) is 23.1 Å². The van der Waals surface area contributed by atoms with Gasteiger partial charge in [-0.2, -0.15) is 15.2 Å². The quantitative estimate of drug-likeness (QED) is 0.0903. The minimum Gasteiger partial charge on any atom is -0.487 e. The Bertz CT molecular complexity index is 1940. The zero-order chi connectivity index (χ0) is 34.4. The number of nitrogens with one attached hydrogen (secondary N) is 2. The van der Waals surface area contributed by atoms with Crippen LogP contribution < -0.4 is 21.5 Å². The number of benzene rings is 2. The Morgan fingerprint density at radius 2 is 1.79 bits per heavy atom. The summed E-state index contributed by atoms with van der Waals surface area (Å²) in [6, 6.07) is 10.7. The van der Waals surface area contributed by atoms with Crippen molar-refractivity contribution in [2.24, 2.45) is 0 Å². The number of carboxylic acid groups (broad SMARTS) is 1. The zero-order valence-electron chi connectivity index (χ0n) is 26.6. The summed E-state index contributed by atoms with van der Waals surface area (Å²) in [4.78, 5) is 54.4. The molecule has 3 aromatic heterocycles. The molecule has 0 aliphatic rings. The van der Waals surface area contributed by atoms with E-state index in [0.29, 0.717) is 46.8 Å². The number of fused-ring (bicyclic) bond motifs is 1. The Balaban J connectivity index is 1.13. The third kappa shape index (κ3) is 8.01. The molecular formula is C32H35N11O5. The first-order valence-corrected chi connectivity index (χ1v) is 15.1. The number of hydrogen-bond donors (Lipinski definition) is 5. The van der Waals surface area contributed by atoms with Gasteiger partial charge in [0.15, 0.2) is 22.8 Å². The molecule has 248 valence electrons. The number of nitrogen functional groups attached to an aromatic ring is 2. The number of hydrogen-bond acceptors (Lipinski definition) is 13. The van der Waals surface area contributed by atoms with Gasteiger partial charge in [-0.25, -0.2) is 14.8 Å². The molecule has 0 aliphatic carbocycles. The van der Waals surface area contributed by atoms with E-state index in [1.54, 1.807) is 18.2 Å². The number of carboxylic acids is 1. The lowest BCUT2D eigenvalue weighted by Crippen LogP contribution is -2.40. The highest BCUT2D eigenvalue weighted by molar-refractivity contribution is 6.01. The number of aliphatic carboxylic acids is 1. The Hall–Kier alpha value is -6.06. The van der Waals surface area contributed by atoms with Crippen molar-refractivity contribution in [1.82, 2.24) is 45.9 Å². The molecule has 5 aromatic rings. The van der Waals surface area contributed by atoms with E-state index in [9.17, 15) is 19.5 Å². The molecule has 0 aliphatic heterocycles. The van der Waals surface area contributed by atoms with Crippen molar-refractivity contribution in [3.63, 3.8) is 0 Å². The normalized spacial score (nSPS) is 12.1. The van der Waals surface area contributed by atoms with Crippen molar-refractivity contribution >= 4 is 40.6 Å². The SMILES string of the molecule is CC(C)(C)c1ccc(C(=O)CCCC[C@H](NC(=O)c2ccc(OCc3cnc4nc(N)nc(N)c4n3)cc2)C(=O)O)c(-c2nn[nH]n2)c1. The largest absolute Gasteiger partial charge is 0.487 e. The number of nitrogens with zero attached hydrogens (tertiary/aromatic N) is 7. The summed E-state index contributed by atoms with van der Waals surface area (Å²) >= 11 is 0. The van der Waals surface area contributed by atoms with Gasteiger partial charge in [0.05, 0.1) is 11.9 Å². The summed E-state index contributed by atoms with van der Waals surface area (Å²) in [6.45, 7) is 6.27. The van der Waals surface area contributed by atoms with Crippen LogP contribution in [0.25, 0.3) is 22.6 Å². The van der Waals surface area contributed by atoms with E-state index in [0.717, 1.165) is 5.56 Å². The average Bonchev–Trinajstić information content (AvgIpc) is 3.60. The summed E-state index contributed by atoms with van der Waals surface area (Å²) in [5, 5.41) is 26.5. The summed E-state index contributed by atoms with van der Waals surface area (Å²) in [6.07, 6.45) is 2.63. The molecule has 0 unspecified atom stereocenters. The van der Waals surface area contributed by atoms with Gasteiger partial charge in [-0.3, -0.25) is 9.59 Å². The maximum atomic E-state index is 13.2. The van der Waals surface area contributed by atoms with Gasteiger partial charge in [0.1, 0.15) is 18.4 Å². The Labute approximate surface area is 274 Å². The van der Waals surface area contributed by atoms with Crippen LogP contribution >= 0.6 is 0 Å². The fourth-order valence-electron chi connectivity index (χ4n) is 4.89. The van der Waals surface area contributed by atoms with Crippen LogP contribution in [0.1, 0.15) is 78.4 Å². The number of aromatic nitrogens is 8. The van der Waals surface area contributed by atoms with Crippen LogP contribution in [-0.4, -0.2) is 69.4 Å². The molecule has 3 heterocycles. The number of unbranched alkanes of at least 4 members (excludes halogenated alkanes) is 1. The predicted octanol–water partition coefficient (Wildman–Crippen LogP) is 3.27. The topological polar surface area (TPSA) is 251 Å². The molecule has 1 amide bonds. The van der Waals surface area contributed by atoms with Gasteiger partial charge in [0.2, 0.25) is 11.8 Å². The second-order valence-corrected chi connectivity index (χ2v) is 12.1. The lowest BCUT2D eigenvalue weighted by Gasteiger charge is -2.20. The fourth-order valence-corrected chi connectivity index (χ4v) is 4.89. The van der Waals surface area contributed by atoms with Crippen molar-refractivity contribution in [2.45, 2.75) is 64.5 Å². The third-order valence-electron chi connectivity index (χ3n) is 7.53. The summed E-state index contributed by atoms with van der Waals surface area (Å²) in [7, 11) is 0. The number of ether oxygens (including phenoxy) is 1. The van der Waals surface area contributed by atoms with Crippen LogP contribution in [0.4, 0.5) is 11.8 Å². The van der Waals surface area contributed by atoms with E-state index in [1.807, 2.05) is 12.1 Å². The molecule has 0 spiro atoms. The van der Waals surface area contributed by atoms with Gasteiger partial charge < -0.3 is 26.6 Å². The van der Waals surface area contributed by atoms with Gasteiger partial charge >= 0.3 is 5.97 Å². The van der Waals surface area contributed by atoms with Crippen LogP contribution in [-0.2, 0) is 16.8 Å². The number of aromatic amines is 1. The summed E-state index contributed by atoms with van der Waals surface area (Å²) in [5.74, 6) is -0.966. The van der Waals surface area contributed by atoms with Crippen molar-refractivity contribution in [3.8, 4) is 17.1 Å². The van der Waals surface area contributed by atoms with E-state index in [-0.39, 0.29) is 53.6 Å². The molecular weight excluding hydrogens is 618 g/mol. The fraction of sp³-hybridized carbons (Fsp3) is 0.312. The molecule has 16 heteroatoms. The number of Topliss-reactive ketones (excluding diaryl/α,β-unsaturated/α-hetero) is 1. The minimum atomic E-state index is -1.17. The summed E-state index contributed by atoms with van der Waals surface area (Å²) in [5.41, 5.74) is 14.7. The van der Waals surface area contributed by atoms with Gasteiger partial charge in [-0.1, -0.05) is 39.3 Å². The smallest absolute Gasteiger partial charge is 0.326 e. The highest BCUT2D eigenvalue weighted by atomic mass is 16.5. The molecule has 0 radical (unpaired) electrons. The molecule has 48 heavy (non-hydrogen) atoms. The van der Waals surface area contributed by atoms with Crippen molar-refractivity contribution < 1.29 is 24.2 Å². The number of rotatable bonds is 13. The Morgan fingerprint density at radius 1 is 1.02 bits per heavy atom. The van der Waals surface area contributed by atoms with Crippen LogP contribution in [0, 0.1) is 0 Å². The number of carbonyl (C=O) groups excluding carboxylic acids is 2. The van der Waals surface area contributed by atoms with Gasteiger partial charge in [-0.15, -0.1) is 10.2 Å². The van der Waals surface area contributed by atoms with Gasteiger partial charge in [0.25, 0.3) is 5.91 Å². The molecule has 0 saturated carbocycles. The predicted molar refractivity (Wildman–Crippen MR) is 175 cm³/mol. The van der Waals surface area contributed by atoms with E-state index in [1.165, 1.54) is 18.3 Å². The lowest BCUT2D eigenvalue weighted by atomic mass is 9.84. The second kappa shape index (κ2) is 14.1. The first kappa shape index (κ1) is 33.3. The highest BCUT2D eigenvalue weighted by Gasteiger charge is 2.23. The van der Waals surface area contributed by atoms with E-state index >= 15 is 0 Å². The highest BCUT2D eigenvalue weighted by Crippen LogP contribution is 2.30. The van der Waals surface area contributed by atoms with Crippen molar-refractivity contribution in [1.29, 1.82) is 0 Å². The molecule has 2 aromatic carbocycles. The number of carbonyl (C=O) groups is 3. The van der Waals surface area contributed by atoms with E-state index in [4.69, 9.17) is 16.2 Å². The first-order valence-electron chi connectivity index (χ1n) is 15.1. The lowest BCUT2D eigenvalue weighted by molar-refractivity contribution is -0.139. The van der Waals surface area contributed by atoms with Crippen LogP contribution in [0.15, 0.2) is 48.7 Å². The minimum absolute atomic E-state index is 0.000765. The molecule has 7 N–H and O–H groups in total. The number of amides is 1. The molecule has 16 nitrogen and oxygen atoms in total. The van der Waals surface area contributed by atoms with E-state index < -0.39 is 17.9 Å². The third-order valence-corrected chi connectivity index (χ3v) is 7.53. The molecule has 0 saturated heterocycles. The van der Waals surface area contributed by atoms with Crippen molar-refractivity contribution in [3.05, 3.63) is 71.0 Å². The average molecular weight is 654 g/mol. The number of nitrogens with two attached hydrogens (primary N) is 2. The monoisotopic (exact) mass is 653 g/mol. The van der Waals surface area contributed by atoms with E-state index in [2.05, 4.69) is 66.6 Å². The Morgan fingerprint density at radius 3 is 2.48 bits per heavy atom. The van der Waals surface area contributed by atoms with Crippen LogP contribution in [0.5, 0.6) is 5.75 Å². The molecule has 0 bridgehead atoms. The van der Waals surface area contributed by atoms with Crippen LogP contribution in [0.3, 0.4) is 0 Å². The zero-order valence-corrected chi connectivity index (χ0v) is 26.6. The standard InChI is InChI=1S/C32H35N11O5/c1-32(2,3)18-10-13-21(22(14-18)27-40-42-43-41-27)24(44)7-5-4-6-23(30(46)47)37-29(45)17-8-11-20(12-9-17)48-16-19-15-35-28-25(36-19)26(33)38-31(34)39-28/h8-15,23H,4-7,16H2,1-3H3,(H,37,45)(H,46,47)(H,40,41,42,43)(H4,33,34,35,38,39)/t23-/m0/s1. The van der Waals surface area contributed by atoms with Crippen LogP contribution in [0.2, 0.25) is 0 Å². The maximum Gasteiger partial charge on any atom is 0.326 e. The summed E-state index contributed by atoms with van der Waals surface area (Å²) < 4.78 is 5.75. The van der Waals surface area contributed by atoms with Gasteiger partial charge in [-0.05, 0) is 59.4 Å².